The minimum atomic E-state index is -0.472. The minimum Gasteiger partial charge on any atom is -0.491 e. The summed E-state index contributed by atoms with van der Waals surface area (Å²) in [5.41, 5.74) is 4.02. The molecule has 1 aliphatic rings. The van der Waals surface area contributed by atoms with Crippen LogP contribution in [-0.2, 0) is 9.53 Å². The number of rotatable bonds is 6. The van der Waals surface area contributed by atoms with Crippen molar-refractivity contribution in [3.05, 3.63) is 92.5 Å². The van der Waals surface area contributed by atoms with Gasteiger partial charge in [0.15, 0.2) is 5.70 Å². The Morgan fingerprint density at radius 2 is 1.55 bits per heavy atom. The molecule has 4 rings (SSSR count). The highest BCUT2D eigenvalue weighted by Crippen LogP contribution is 2.36. The van der Waals surface area contributed by atoms with E-state index in [1.807, 2.05) is 54.6 Å². The summed E-state index contributed by atoms with van der Waals surface area (Å²) >= 11 is 7.06. The van der Waals surface area contributed by atoms with Gasteiger partial charge in [0, 0.05) is 5.56 Å². The zero-order valence-corrected chi connectivity index (χ0v) is 19.9. The molecule has 31 heavy (non-hydrogen) atoms. The number of hydrogen-bond acceptors (Lipinski definition) is 4. The van der Waals surface area contributed by atoms with Gasteiger partial charge in [0.1, 0.15) is 5.75 Å². The lowest BCUT2D eigenvalue weighted by Gasteiger charge is -2.10. The molecule has 0 saturated heterocycles. The van der Waals surface area contributed by atoms with Gasteiger partial charge < -0.3 is 9.47 Å². The van der Waals surface area contributed by atoms with Crippen LogP contribution in [0.1, 0.15) is 24.5 Å². The Kier molecular flexibility index (Phi) is 6.68. The predicted molar refractivity (Wildman–Crippen MR) is 130 cm³/mol. The van der Waals surface area contributed by atoms with Crippen molar-refractivity contribution in [2.24, 2.45) is 4.99 Å². The van der Waals surface area contributed by atoms with Crippen LogP contribution in [0.15, 0.2) is 86.4 Å². The monoisotopic (exact) mass is 539 g/mol. The van der Waals surface area contributed by atoms with Gasteiger partial charge in [-0.2, -0.15) is 0 Å². The molecular weight excluding hydrogens is 522 g/mol. The van der Waals surface area contributed by atoms with E-state index in [4.69, 9.17) is 9.47 Å². The molecule has 1 heterocycles. The minimum absolute atomic E-state index is 0.253. The van der Waals surface area contributed by atoms with E-state index < -0.39 is 5.97 Å². The quantitative estimate of drug-likeness (QED) is 0.249. The fourth-order valence-corrected chi connectivity index (χ4v) is 4.58. The Bertz CT molecular complexity index is 1150. The molecular formula is C25H19Br2NO3. The molecule has 0 spiro atoms. The van der Waals surface area contributed by atoms with Crippen LogP contribution < -0.4 is 4.74 Å². The molecule has 1 aliphatic heterocycles. The van der Waals surface area contributed by atoms with Crippen LogP contribution in [0.25, 0.3) is 17.2 Å². The third-order valence-corrected chi connectivity index (χ3v) is 5.81. The fourth-order valence-electron chi connectivity index (χ4n) is 3.13. The lowest BCUT2D eigenvalue weighted by atomic mass is 10.0. The number of carbonyl (C=O) groups excluding carboxylic acids is 1. The zero-order valence-electron chi connectivity index (χ0n) is 16.8. The van der Waals surface area contributed by atoms with Crippen LogP contribution in [-0.4, -0.2) is 18.5 Å². The summed E-state index contributed by atoms with van der Waals surface area (Å²) in [5, 5.41) is 0. The Morgan fingerprint density at radius 3 is 2.19 bits per heavy atom. The predicted octanol–water partition coefficient (Wildman–Crippen LogP) is 7.01. The van der Waals surface area contributed by atoms with Crippen LogP contribution >= 0.6 is 31.9 Å². The number of ether oxygens (including phenoxy) is 2. The summed E-state index contributed by atoms with van der Waals surface area (Å²) in [6.07, 6.45) is 2.62. The number of nitrogens with zero attached hydrogens (tertiary/aromatic N) is 1. The van der Waals surface area contributed by atoms with Gasteiger partial charge in [-0.05, 0) is 85.3 Å². The largest absolute Gasteiger partial charge is 0.491 e. The van der Waals surface area contributed by atoms with E-state index in [9.17, 15) is 4.79 Å². The smallest absolute Gasteiger partial charge is 0.363 e. The Balaban J connectivity index is 1.58. The van der Waals surface area contributed by atoms with Gasteiger partial charge in [0.2, 0.25) is 5.90 Å². The first-order chi connectivity index (χ1) is 15.0. The van der Waals surface area contributed by atoms with E-state index in [1.54, 1.807) is 6.08 Å². The second-order valence-electron chi connectivity index (χ2n) is 6.94. The van der Waals surface area contributed by atoms with Crippen molar-refractivity contribution in [1.82, 2.24) is 0 Å². The molecule has 0 N–H and O–H groups in total. The SMILES string of the molecule is CCCOc1c(Br)cc(/C=C2\N=C(c3ccc(-c4ccccc4)cc3)OC2=O)cc1Br. The van der Waals surface area contributed by atoms with Gasteiger partial charge in [0.05, 0.1) is 15.6 Å². The Hall–Kier alpha value is -2.70. The van der Waals surface area contributed by atoms with E-state index in [2.05, 4.69) is 55.9 Å². The summed E-state index contributed by atoms with van der Waals surface area (Å²) in [6.45, 7) is 2.68. The van der Waals surface area contributed by atoms with Crippen molar-refractivity contribution >= 4 is 49.8 Å². The van der Waals surface area contributed by atoms with Gasteiger partial charge in [-0.25, -0.2) is 9.79 Å². The maximum absolute atomic E-state index is 12.4. The number of hydrogen-bond donors (Lipinski definition) is 0. The van der Waals surface area contributed by atoms with Gasteiger partial charge in [-0.1, -0.05) is 49.4 Å². The molecule has 0 amide bonds. The van der Waals surface area contributed by atoms with Crippen molar-refractivity contribution < 1.29 is 14.3 Å². The number of aliphatic imine (C=N–C) groups is 1. The molecule has 4 nitrogen and oxygen atoms in total. The van der Waals surface area contributed by atoms with Crippen LogP contribution in [0, 0.1) is 0 Å². The fraction of sp³-hybridized carbons (Fsp3) is 0.120. The van der Waals surface area contributed by atoms with Crippen LogP contribution in [0.5, 0.6) is 5.75 Å². The average Bonchev–Trinajstić information content (AvgIpc) is 3.14. The third-order valence-electron chi connectivity index (χ3n) is 4.63. The number of halogens is 2. The first kappa shape index (κ1) is 21.5. The van der Waals surface area contributed by atoms with E-state index in [0.717, 1.165) is 43.4 Å². The normalized spacial score (nSPS) is 14.5. The topological polar surface area (TPSA) is 47.9 Å². The number of cyclic esters (lactones) is 1. The van der Waals surface area contributed by atoms with Gasteiger partial charge >= 0.3 is 5.97 Å². The third kappa shape index (κ3) is 4.97. The number of carbonyl (C=O) groups is 1. The molecule has 0 aliphatic carbocycles. The second-order valence-corrected chi connectivity index (χ2v) is 8.65. The van der Waals surface area contributed by atoms with Gasteiger partial charge in [0.25, 0.3) is 0 Å². The van der Waals surface area contributed by atoms with Gasteiger partial charge in [-0.3, -0.25) is 0 Å². The average molecular weight is 541 g/mol. The summed E-state index contributed by atoms with van der Waals surface area (Å²) in [6, 6.07) is 21.7. The molecule has 0 fully saturated rings. The summed E-state index contributed by atoms with van der Waals surface area (Å²) in [5.74, 6) is 0.568. The molecule has 3 aromatic carbocycles. The molecule has 0 saturated carbocycles. The van der Waals surface area contributed by atoms with Crippen molar-refractivity contribution in [3.8, 4) is 16.9 Å². The summed E-state index contributed by atoms with van der Waals surface area (Å²) in [4.78, 5) is 16.8. The van der Waals surface area contributed by atoms with E-state index >= 15 is 0 Å². The Morgan fingerprint density at radius 1 is 0.935 bits per heavy atom. The number of esters is 1. The van der Waals surface area contributed by atoms with Crippen LogP contribution in [0.2, 0.25) is 0 Å². The first-order valence-electron chi connectivity index (χ1n) is 9.85. The maximum Gasteiger partial charge on any atom is 0.363 e. The second kappa shape index (κ2) is 9.62. The Labute approximate surface area is 197 Å². The highest BCUT2D eigenvalue weighted by Gasteiger charge is 2.24. The summed E-state index contributed by atoms with van der Waals surface area (Å²) in [7, 11) is 0. The molecule has 6 heteroatoms. The van der Waals surface area contributed by atoms with E-state index in [-0.39, 0.29) is 5.70 Å². The van der Waals surface area contributed by atoms with E-state index in [1.165, 1.54) is 0 Å². The van der Waals surface area contributed by atoms with E-state index in [0.29, 0.717) is 12.5 Å². The highest BCUT2D eigenvalue weighted by molar-refractivity contribution is 9.11. The molecule has 0 atom stereocenters. The van der Waals surface area contributed by atoms with Crippen LogP contribution in [0.3, 0.4) is 0 Å². The molecule has 0 aromatic heterocycles. The molecule has 3 aromatic rings. The maximum atomic E-state index is 12.4. The van der Waals surface area contributed by atoms with Gasteiger partial charge in [-0.15, -0.1) is 0 Å². The molecule has 156 valence electrons. The standard InChI is InChI=1S/C25H19Br2NO3/c1-2-12-30-23-20(26)13-16(14-21(23)27)15-22-25(29)31-24(28-22)19-10-8-18(9-11-19)17-6-4-3-5-7-17/h3-11,13-15H,2,12H2,1H3/b22-15-. The lowest BCUT2D eigenvalue weighted by Crippen LogP contribution is -2.05. The van der Waals surface area contributed by atoms with Crippen LogP contribution in [0.4, 0.5) is 0 Å². The molecule has 0 bridgehead atoms. The highest BCUT2D eigenvalue weighted by atomic mass is 79.9. The summed E-state index contributed by atoms with van der Waals surface area (Å²) < 4.78 is 12.8. The van der Waals surface area contributed by atoms with Crippen molar-refractivity contribution in [3.63, 3.8) is 0 Å². The zero-order chi connectivity index (χ0) is 21.8. The van der Waals surface area contributed by atoms with Crippen molar-refractivity contribution in [2.75, 3.05) is 6.61 Å². The molecule has 0 radical (unpaired) electrons. The molecule has 0 unspecified atom stereocenters. The van der Waals surface area contributed by atoms with Crippen molar-refractivity contribution in [1.29, 1.82) is 0 Å². The lowest BCUT2D eigenvalue weighted by molar-refractivity contribution is -0.129. The first-order valence-corrected chi connectivity index (χ1v) is 11.4. The van der Waals surface area contributed by atoms with Crippen molar-refractivity contribution in [2.45, 2.75) is 13.3 Å². The number of benzene rings is 3.